The summed E-state index contributed by atoms with van der Waals surface area (Å²) in [4.78, 5) is 0. The Morgan fingerprint density at radius 3 is 2.65 bits per heavy atom. The van der Waals surface area contributed by atoms with E-state index < -0.39 is 0 Å². The zero-order valence-corrected chi connectivity index (χ0v) is 10.1. The summed E-state index contributed by atoms with van der Waals surface area (Å²) in [6, 6.07) is 11.0. The van der Waals surface area contributed by atoms with Crippen molar-refractivity contribution in [2.24, 2.45) is 0 Å². The molecule has 0 heterocycles. The van der Waals surface area contributed by atoms with Crippen LogP contribution in [0.25, 0.3) is 11.1 Å². The third-order valence-electron chi connectivity index (χ3n) is 3.35. The molecule has 0 saturated heterocycles. The van der Waals surface area contributed by atoms with Crippen LogP contribution in [0.3, 0.4) is 0 Å². The minimum atomic E-state index is -0.254. The number of aryl methyl sites for hydroxylation is 2. The summed E-state index contributed by atoms with van der Waals surface area (Å²) >= 11 is 6.07. The van der Waals surface area contributed by atoms with Crippen LogP contribution in [0.2, 0.25) is 5.02 Å². The second kappa shape index (κ2) is 4.15. The maximum Gasteiger partial charge on any atom is 0.132 e. The first-order chi connectivity index (χ1) is 8.25. The zero-order chi connectivity index (χ0) is 11.8. The Balaban J connectivity index is 2.16. The fourth-order valence-corrected chi connectivity index (χ4v) is 2.77. The largest absolute Gasteiger partial charge is 0.206 e. The second-order valence-electron chi connectivity index (χ2n) is 4.43. The third kappa shape index (κ3) is 1.85. The molecule has 0 fully saturated rings. The van der Waals surface area contributed by atoms with E-state index in [0.29, 0.717) is 10.6 Å². The summed E-state index contributed by atoms with van der Waals surface area (Å²) in [5.41, 5.74) is 4.13. The number of fused-ring (bicyclic) bond motifs is 1. The predicted molar refractivity (Wildman–Crippen MR) is 68.9 cm³/mol. The number of hydrogen-bond donors (Lipinski definition) is 0. The van der Waals surface area contributed by atoms with E-state index in [0.717, 1.165) is 18.4 Å². The lowest BCUT2D eigenvalue weighted by atomic mass is 10.00. The Labute approximate surface area is 105 Å². The van der Waals surface area contributed by atoms with E-state index in [9.17, 15) is 4.39 Å². The molecule has 0 atom stereocenters. The Kier molecular flexibility index (Phi) is 2.64. The van der Waals surface area contributed by atoms with E-state index in [1.54, 1.807) is 12.1 Å². The summed E-state index contributed by atoms with van der Waals surface area (Å²) in [5, 5.41) is 0.475. The fraction of sp³-hybridized carbons (Fsp3) is 0.200. The Bertz CT molecular complexity index is 555. The van der Waals surface area contributed by atoms with Gasteiger partial charge in [0.15, 0.2) is 0 Å². The van der Waals surface area contributed by atoms with Crippen LogP contribution >= 0.6 is 11.6 Å². The lowest BCUT2D eigenvalue weighted by molar-refractivity contribution is 0.631. The lowest BCUT2D eigenvalue weighted by Crippen LogP contribution is -1.88. The smallest absolute Gasteiger partial charge is 0.132 e. The van der Waals surface area contributed by atoms with Gasteiger partial charge in [0.2, 0.25) is 0 Å². The van der Waals surface area contributed by atoms with Crippen LogP contribution in [-0.4, -0.2) is 0 Å². The van der Waals surface area contributed by atoms with Crippen molar-refractivity contribution >= 4 is 11.6 Å². The topological polar surface area (TPSA) is 0 Å². The van der Waals surface area contributed by atoms with E-state index in [-0.39, 0.29) is 5.82 Å². The second-order valence-corrected chi connectivity index (χ2v) is 4.84. The Hall–Kier alpha value is -1.34. The quantitative estimate of drug-likeness (QED) is 0.688. The van der Waals surface area contributed by atoms with Crippen molar-refractivity contribution in [2.75, 3.05) is 0 Å². The first-order valence-electron chi connectivity index (χ1n) is 5.82. The highest BCUT2D eigenvalue weighted by molar-refractivity contribution is 6.33. The van der Waals surface area contributed by atoms with Crippen LogP contribution in [0.4, 0.5) is 4.39 Å². The molecule has 0 bridgehead atoms. The van der Waals surface area contributed by atoms with Gasteiger partial charge in [-0.2, -0.15) is 0 Å². The van der Waals surface area contributed by atoms with Crippen molar-refractivity contribution in [1.29, 1.82) is 0 Å². The molecule has 0 aromatic heterocycles. The highest BCUT2D eigenvalue weighted by Crippen LogP contribution is 2.33. The molecule has 0 saturated carbocycles. The first kappa shape index (κ1) is 10.8. The van der Waals surface area contributed by atoms with Crippen molar-refractivity contribution < 1.29 is 4.39 Å². The van der Waals surface area contributed by atoms with Crippen LogP contribution in [0.15, 0.2) is 36.4 Å². The van der Waals surface area contributed by atoms with Gasteiger partial charge in [0.05, 0.1) is 5.02 Å². The number of rotatable bonds is 1. The summed E-state index contributed by atoms with van der Waals surface area (Å²) in [7, 11) is 0. The molecule has 1 aliphatic carbocycles. The molecule has 0 amide bonds. The van der Waals surface area contributed by atoms with Crippen molar-refractivity contribution in [3.8, 4) is 11.1 Å². The van der Waals surface area contributed by atoms with Crippen molar-refractivity contribution in [3.05, 3.63) is 58.4 Å². The van der Waals surface area contributed by atoms with Gasteiger partial charge in [-0.05, 0) is 48.1 Å². The molecule has 0 spiro atoms. The summed E-state index contributed by atoms with van der Waals surface area (Å²) in [5.74, 6) is -0.254. The van der Waals surface area contributed by atoms with Gasteiger partial charge in [-0.15, -0.1) is 0 Å². The average Bonchev–Trinajstić information content (AvgIpc) is 2.76. The van der Waals surface area contributed by atoms with Gasteiger partial charge in [0.25, 0.3) is 0 Å². The van der Waals surface area contributed by atoms with E-state index in [4.69, 9.17) is 11.6 Å². The van der Waals surface area contributed by atoms with Crippen LogP contribution in [0.1, 0.15) is 17.5 Å². The van der Waals surface area contributed by atoms with Gasteiger partial charge in [-0.1, -0.05) is 35.9 Å². The standard InChI is InChI=1S/C15H12ClF/c16-13-5-2-6-14(17)15(13)12-8-7-10-3-1-4-11(10)9-12/h2,5-9H,1,3-4H2. The molecule has 0 unspecified atom stereocenters. The molecule has 17 heavy (non-hydrogen) atoms. The predicted octanol–water partition coefficient (Wildman–Crippen LogP) is 4.63. The SMILES string of the molecule is Fc1cccc(Cl)c1-c1ccc2c(c1)CCC2. The zero-order valence-electron chi connectivity index (χ0n) is 9.34. The first-order valence-corrected chi connectivity index (χ1v) is 6.20. The minimum absolute atomic E-state index is 0.254. The van der Waals surface area contributed by atoms with Crippen LogP contribution in [0, 0.1) is 5.82 Å². The van der Waals surface area contributed by atoms with Crippen molar-refractivity contribution in [2.45, 2.75) is 19.3 Å². The molecule has 0 nitrogen and oxygen atoms in total. The summed E-state index contributed by atoms with van der Waals surface area (Å²) in [6.45, 7) is 0. The van der Waals surface area contributed by atoms with Crippen molar-refractivity contribution in [1.82, 2.24) is 0 Å². The molecule has 0 radical (unpaired) electrons. The van der Waals surface area contributed by atoms with Crippen LogP contribution in [-0.2, 0) is 12.8 Å². The maximum absolute atomic E-state index is 13.8. The van der Waals surface area contributed by atoms with Gasteiger partial charge in [-0.25, -0.2) is 4.39 Å². The van der Waals surface area contributed by atoms with Gasteiger partial charge in [-0.3, -0.25) is 0 Å². The Morgan fingerprint density at radius 2 is 1.82 bits per heavy atom. The van der Waals surface area contributed by atoms with Crippen molar-refractivity contribution in [3.63, 3.8) is 0 Å². The molecule has 1 aliphatic rings. The molecule has 2 heteroatoms. The van der Waals surface area contributed by atoms with E-state index in [1.165, 1.54) is 23.6 Å². The fourth-order valence-electron chi connectivity index (χ4n) is 2.50. The highest BCUT2D eigenvalue weighted by atomic mass is 35.5. The van der Waals surface area contributed by atoms with E-state index >= 15 is 0 Å². The molecule has 86 valence electrons. The van der Waals surface area contributed by atoms with E-state index in [2.05, 4.69) is 12.1 Å². The maximum atomic E-state index is 13.8. The van der Waals surface area contributed by atoms with Gasteiger partial charge >= 0.3 is 0 Å². The molecule has 2 aromatic carbocycles. The van der Waals surface area contributed by atoms with E-state index in [1.807, 2.05) is 6.07 Å². The lowest BCUT2D eigenvalue weighted by Gasteiger charge is -2.08. The normalized spacial score (nSPS) is 13.8. The number of halogens is 2. The molecular formula is C15H12ClF. The molecule has 0 aliphatic heterocycles. The monoisotopic (exact) mass is 246 g/mol. The van der Waals surface area contributed by atoms with Gasteiger partial charge < -0.3 is 0 Å². The number of benzene rings is 2. The van der Waals surface area contributed by atoms with Gasteiger partial charge in [0.1, 0.15) is 5.82 Å². The minimum Gasteiger partial charge on any atom is -0.206 e. The van der Waals surface area contributed by atoms with Gasteiger partial charge in [0, 0.05) is 5.56 Å². The van der Waals surface area contributed by atoms with Crippen LogP contribution in [0.5, 0.6) is 0 Å². The third-order valence-corrected chi connectivity index (χ3v) is 3.66. The molecule has 3 rings (SSSR count). The summed E-state index contributed by atoms with van der Waals surface area (Å²) < 4.78 is 13.8. The Morgan fingerprint density at radius 1 is 1.00 bits per heavy atom. The average molecular weight is 247 g/mol. The number of hydrogen-bond acceptors (Lipinski definition) is 0. The van der Waals surface area contributed by atoms with Crippen LogP contribution < -0.4 is 0 Å². The molecule has 2 aromatic rings. The molecule has 0 N–H and O–H groups in total. The summed E-state index contributed by atoms with van der Waals surface area (Å²) in [6.07, 6.45) is 3.43. The highest BCUT2D eigenvalue weighted by Gasteiger charge is 2.14. The molecular weight excluding hydrogens is 235 g/mol.